The largest absolute Gasteiger partial charge is 0.456 e. The fourth-order valence-corrected chi connectivity index (χ4v) is 5.86. The number of benzene rings is 4. The van der Waals surface area contributed by atoms with Gasteiger partial charge in [0.2, 0.25) is 0 Å². The number of hydrogen-bond acceptors (Lipinski definition) is 5. The molecule has 0 amide bonds. The zero-order valence-electron chi connectivity index (χ0n) is 22.3. The summed E-state index contributed by atoms with van der Waals surface area (Å²) in [6.45, 7) is 2.92. The summed E-state index contributed by atoms with van der Waals surface area (Å²) in [6.07, 6.45) is 5.89. The molecule has 39 heavy (non-hydrogen) atoms. The molecule has 5 heteroatoms. The normalized spacial score (nSPS) is 14.9. The highest BCUT2D eigenvalue weighted by molar-refractivity contribution is 6.02. The van der Waals surface area contributed by atoms with Crippen molar-refractivity contribution in [3.05, 3.63) is 119 Å². The number of carbonyl (C=O) groups excluding carboxylic acids is 1. The molecule has 2 N–H and O–H groups in total. The average Bonchev–Trinajstić information content (AvgIpc) is 3.27. The van der Waals surface area contributed by atoms with E-state index >= 15 is 0 Å². The quantitative estimate of drug-likeness (QED) is 0.164. The Labute approximate surface area is 230 Å². The van der Waals surface area contributed by atoms with Gasteiger partial charge in [-0.05, 0) is 36.8 Å². The smallest absolute Gasteiger partial charge is 0.342 e. The molecular formula is C34H34N2O3. The summed E-state index contributed by atoms with van der Waals surface area (Å²) in [5, 5.41) is 7.30. The van der Waals surface area contributed by atoms with E-state index in [4.69, 9.17) is 9.47 Å². The lowest BCUT2D eigenvalue weighted by Crippen LogP contribution is -2.32. The summed E-state index contributed by atoms with van der Waals surface area (Å²) in [4.78, 5) is 13.6. The summed E-state index contributed by atoms with van der Waals surface area (Å²) >= 11 is 0. The number of para-hydroxylation sites is 3. The maximum atomic E-state index is 13.6. The van der Waals surface area contributed by atoms with E-state index in [1.807, 2.05) is 84.9 Å². The molecule has 1 atom stereocenters. The van der Waals surface area contributed by atoms with Crippen molar-refractivity contribution < 1.29 is 14.3 Å². The summed E-state index contributed by atoms with van der Waals surface area (Å²) < 4.78 is 12.6. The highest BCUT2D eigenvalue weighted by Gasteiger charge is 2.54. The first kappa shape index (κ1) is 25.1. The molecule has 0 fully saturated rings. The first-order valence-electron chi connectivity index (χ1n) is 14.0. The van der Waals surface area contributed by atoms with Crippen molar-refractivity contribution in [2.24, 2.45) is 0 Å². The first-order chi connectivity index (χ1) is 19.2. The topological polar surface area (TPSA) is 59.6 Å². The van der Waals surface area contributed by atoms with E-state index in [1.54, 1.807) is 0 Å². The Bertz CT molecular complexity index is 1420. The highest BCUT2D eigenvalue weighted by atomic mass is 16.6. The average molecular weight is 519 g/mol. The van der Waals surface area contributed by atoms with Gasteiger partial charge in [-0.15, -0.1) is 0 Å². The van der Waals surface area contributed by atoms with E-state index in [9.17, 15) is 4.79 Å². The van der Waals surface area contributed by atoms with E-state index in [0.717, 1.165) is 40.9 Å². The number of anilines is 2. The van der Waals surface area contributed by atoms with Crippen LogP contribution in [0.1, 0.15) is 66.1 Å². The van der Waals surface area contributed by atoms with Crippen LogP contribution in [0, 0.1) is 0 Å². The number of esters is 1. The molecule has 2 heterocycles. The number of ether oxygens (including phenoxy) is 2. The van der Waals surface area contributed by atoms with Gasteiger partial charge >= 0.3 is 5.97 Å². The fraction of sp³-hybridized carbons (Fsp3) is 0.265. The Morgan fingerprint density at radius 2 is 1.41 bits per heavy atom. The van der Waals surface area contributed by atoms with Crippen LogP contribution in [0.4, 0.5) is 11.4 Å². The molecular weight excluding hydrogens is 484 g/mol. The lowest BCUT2D eigenvalue weighted by atomic mass is 9.77. The highest BCUT2D eigenvalue weighted by Crippen LogP contribution is 2.56. The van der Waals surface area contributed by atoms with Crippen LogP contribution in [0.5, 0.6) is 11.5 Å². The van der Waals surface area contributed by atoms with Gasteiger partial charge in [-0.3, -0.25) is 0 Å². The molecule has 4 aromatic rings. The summed E-state index contributed by atoms with van der Waals surface area (Å²) in [7, 11) is 0. The second-order valence-electron chi connectivity index (χ2n) is 10.3. The number of rotatable bonds is 10. The third kappa shape index (κ3) is 4.63. The molecule has 0 saturated carbocycles. The van der Waals surface area contributed by atoms with Crippen LogP contribution in [-0.2, 0) is 10.3 Å². The first-order valence-corrected chi connectivity index (χ1v) is 14.0. The SMILES string of the molecule is CCCCCCC(CNc1cccc2c1C(=O)OC21c2ccccc2Oc2ccccc21)Nc1ccccc1. The Morgan fingerprint density at radius 3 is 2.13 bits per heavy atom. The maximum Gasteiger partial charge on any atom is 0.342 e. The molecule has 0 aromatic heterocycles. The fourth-order valence-electron chi connectivity index (χ4n) is 5.86. The predicted molar refractivity (Wildman–Crippen MR) is 156 cm³/mol. The predicted octanol–water partition coefficient (Wildman–Crippen LogP) is 8.12. The molecule has 0 radical (unpaired) electrons. The minimum Gasteiger partial charge on any atom is -0.456 e. The van der Waals surface area contributed by atoms with Gasteiger partial charge in [-0.1, -0.05) is 99.3 Å². The Kier molecular flexibility index (Phi) is 6.97. The van der Waals surface area contributed by atoms with Crippen LogP contribution in [-0.4, -0.2) is 18.6 Å². The van der Waals surface area contributed by atoms with Crippen molar-refractivity contribution in [2.45, 2.75) is 50.7 Å². The van der Waals surface area contributed by atoms with Gasteiger partial charge in [0, 0.05) is 40.7 Å². The Hall–Kier alpha value is -4.25. The summed E-state index contributed by atoms with van der Waals surface area (Å²) in [6, 6.07) is 32.2. The van der Waals surface area contributed by atoms with Crippen LogP contribution in [0.2, 0.25) is 0 Å². The van der Waals surface area contributed by atoms with Gasteiger partial charge in [0.15, 0.2) is 5.60 Å². The molecule has 0 bridgehead atoms. The zero-order valence-corrected chi connectivity index (χ0v) is 22.3. The van der Waals surface area contributed by atoms with E-state index in [2.05, 4.69) is 29.7 Å². The molecule has 0 saturated heterocycles. The van der Waals surface area contributed by atoms with Gasteiger partial charge < -0.3 is 20.1 Å². The number of hydrogen-bond donors (Lipinski definition) is 2. The second kappa shape index (κ2) is 10.9. The lowest BCUT2D eigenvalue weighted by Gasteiger charge is -2.36. The molecule has 4 aromatic carbocycles. The van der Waals surface area contributed by atoms with Gasteiger partial charge in [-0.2, -0.15) is 0 Å². The summed E-state index contributed by atoms with van der Waals surface area (Å²) in [5.74, 6) is 1.08. The Balaban J connectivity index is 1.33. The molecule has 1 unspecified atom stereocenters. The standard InChI is InChI=1S/C34H34N2O3/c1-2-3-4-6-16-25(36-24-14-7-5-8-15-24)23-35-29-20-13-19-28-32(29)33(37)39-34(28)26-17-9-11-21-30(26)38-31-22-12-10-18-27(31)34/h5,7-15,17-22,25,35-36H,2-4,6,16,23H2,1H3. The minimum atomic E-state index is -1.04. The number of nitrogens with one attached hydrogen (secondary N) is 2. The van der Waals surface area contributed by atoms with Crippen LogP contribution in [0.15, 0.2) is 97.1 Å². The van der Waals surface area contributed by atoms with Gasteiger partial charge in [0.1, 0.15) is 11.5 Å². The molecule has 2 aliphatic rings. The van der Waals surface area contributed by atoms with Gasteiger partial charge in [0.05, 0.1) is 5.56 Å². The van der Waals surface area contributed by atoms with E-state index < -0.39 is 5.60 Å². The molecule has 0 aliphatic carbocycles. The van der Waals surface area contributed by atoms with E-state index in [0.29, 0.717) is 23.6 Å². The molecule has 1 spiro atoms. The summed E-state index contributed by atoms with van der Waals surface area (Å²) in [5.41, 5.74) is 3.97. The maximum absolute atomic E-state index is 13.6. The van der Waals surface area contributed by atoms with Crippen LogP contribution in [0.25, 0.3) is 0 Å². The molecule has 6 rings (SSSR count). The third-order valence-electron chi connectivity index (χ3n) is 7.74. The third-order valence-corrected chi connectivity index (χ3v) is 7.74. The zero-order chi connectivity index (χ0) is 26.7. The van der Waals surface area contributed by atoms with Crippen molar-refractivity contribution in [3.8, 4) is 11.5 Å². The van der Waals surface area contributed by atoms with Crippen LogP contribution >= 0.6 is 0 Å². The van der Waals surface area contributed by atoms with Crippen molar-refractivity contribution in [3.63, 3.8) is 0 Å². The monoisotopic (exact) mass is 518 g/mol. The van der Waals surface area contributed by atoms with Gasteiger partial charge in [-0.25, -0.2) is 4.79 Å². The number of fused-ring (bicyclic) bond motifs is 6. The van der Waals surface area contributed by atoms with Crippen LogP contribution in [0.3, 0.4) is 0 Å². The van der Waals surface area contributed by atoms with E-state index in [-0.39, 0.29) is 12.0 Å². The van der Waals surface area contributed by atoms with Crippen molar-refractivity contribution >= 4 is 17.3 Å². The van der Waals surface area contributed by atoms with Crippen molar-refractivity contribution in [2.75, 3.05) is 17.2 Å². The number of unbranched alkanes of at least 4 members (excludes halogenated alkanes) is 3. The molecule has 5 nitrogen and oxygen atoms in total. The second-order valence-corrected chi connectivity index (χ2v) is 10.3. The lowest BCUT2D eigenvalue weighted by molar-refractivity contribution is 0.0225. The van der Waals surface area contributed by atoms with Crippen LogP contribution < -0.4 is 15.4 Å². The molecule has 198 valence electrons. The number of carbonyl (C=O) groups is 1. The Morgan fingerprint density at radius 1 is 0.744 bits per heavy atom. The van der Waals surface area contributed by atoms with Gasteiger partial charge in [0.25, 0.3) is 0 Å². The van der Waals surface area contributed by atoms with E-state index in [1.165, 1.54) is 19.3 Å². The van der Waals surface area contributed by atoms with Crippen molar-refractivity contribution in [1.29, 1.82) is 0 Å². The van der Waals surface area contributed by atoms with Crippen molar-refractivity contribution in [1.82, 2.24) is 0 Å². The molecule has 2 aliphatic heterocycles. The minimum absolute atomic E-state index is 0.219.